The van der Waals surface area contributed by atoms with Gasteiger partial charge < -0.3 is 14.8 Å². The van der Waals surface area contributed by atoms with Crippen molar-refractivity contribution in [1.29, 1.82) is 0 Å². The Labute approximate surface area is 128 Å². The molecule has 0 amide bonds. The van der Waals surface area contributed by atoms with Gasteiger partial charge in [0.15, 0.2) is 0 Å². The maximum atomic E-state index is 5.51. The van der Waals surface area contributed by atoms with Crippen LogP contribution >= 0.6 is 11.3 Å². The van der Waals surface area contributed by atoms with Crippen LogP contribution < -0.4 is 5.32 Å². The van der Waals surface area contributed by atoms with Gasteiger partial charge in [-0.2, -0.15) is 5.10 Å². The van der Waals surface area contributed by atoms with E-state index in [2.05, 4.69) is 20.8 Å². The molecule has 7 heteroatoms. The fourth-order valence-electron chi connectivity index (χ4n) is 2.48. The summed E-state index contributed by atoms with van der Waals surface area (Å²) in [5, 5.41) is 10.7. The fraction of sp³-hybridized carbons (Fsp3) is 0.571. The average molecular weight is 308 g/mol. The van der Waals surface area contributed by atoms with Gasteiger partial charge >= 0.3 is 0 Å². The Hall–Kier alpha value is -1.28. The van der Waals surface area contributed by atoms with Gasteiger partial charge in [0, 0.05) is 44.4 Å². The number of rotatable bonds is 5. The molecule has 1 N–H and O–H groups in total. The van der Waals surface area contributed by atoms with Crippen LogP contribution in [0.25, 0.3) is 10.6 Å². The standard InChI is InChI=1S/C14H20N4O2S/c1-18-7-10(5-16-18)14-17-11(9-21-14)6-15-12-8-20-4-3-13(12)19-2/h5,7,9,12-13,15H,3-4,6,8H2,1-2H3/t12-,13-/m1/s1. The van der Waals surface area contributed by atoms with Crippen LogP contribution in [0.1, 0.15) is 12.1 Å². The van der Waals surface area contributed by atoms with Gasteiger partial charge in [-0.05, 0) is 6.42 Å². The number of hydrogen-bond donors (Lipinski definition) is 1. The zero-order valence-corrected chi connectivity index (χ0v) is 13.1. The van der Waals surface area contributed by atoms with E-state index in [4.69, 9.17) is 9.47 Å². The summed E-state index contributed by atoms with van der Waals surface area (Å²) in [6, 6.07) is 0.229. The Bertz CT molecular complexity index is 583. The second kappa shape index (κ2) is 6.65. The van der Waals surface area contributed by atoms with E-state index in [1.54, 1.807) is 23.1 Å². The molecule has 0 radical (unpaired) electrons. The monoisotopic (exact) mass is 308 g/mol. The third-order valence-electron chi connectivity index (χ3n) is 3.64. The lowest BCUT2D eigenvalue weighted by Crippen LogP contribution is -2.47. The highest BCUT2D eigenvalue weighted by Gasteiger charge is 2.25. The summed E-state index contributed by atoms with van der Waals surface area (Å²) in [5.41, 5.74) is 2.10. The third-order valence-corrected chi connectivity index (χ3v) is 4.58. The quantitative estimate of drug-likeness (QED) is 0.905. The van der Waals surface area contributed by atoms with Gasteiger partial charge in [0.05, 0.1) is 30.6 Å². The molecule has 2 atom stereocenters. The zero-order chi connectivity index (χ0) is 14.7. The first kappa shape index (κ1) is 14.6. The molecule has 0 unspecified atom stereocenters. The Kier molecular flexibility index (Phi) is 4.64. The molecule has 1 fully saturated rings. The summed E-state index contributed by atoms with van der Waals surface area (Å²) in [6.07, 6.45) is 4.97. The van der Waals surface area contributed by atoms with Crippen LogP contribution in [0.2, 0.25) is 0 Å². The van der Waals surface area contributed by atoms with Crippen molar-refractivity contribution in [3.63, 3.8) is 0 Å². The normalized spacial score (nSPS) is 22.6. The van der Waals surface area contributed by atoms with E-state index < -0.39 is 0 Å². The number of ether oxygens (including phenoxy) is 2. The number of hydrogen-bond acceptors (Lipinski definition) is 6. The van der Waals surface area contributed by atoms with E-state index in [9.17, 15) is 0 Å². The molecule has 1 saturated heterocycles. The molecule has 3 rings (SSSR count). The number of aromatic nitrogens is 3. The molecule has 2 aromatic rings. The van der Waals surface area contributed by atoms with Crippen LogP contribution in [0.4, 0.5) is 0 Å². The molecular formula is C14H20N4O2S. The summed E-state index contributed by atoms with van der Waals surface area (Å²) >= 11 is 1.64. The Morgan fingerprint density at radius 1 is 1.57 bits per heavy atom. The van der Waals surface area contributed by atoms with E-state index >= 15 is 0 Å². The van der Waals surface area contributed by atoms with E-state index in [-0.39, 0.29) is 12.1 Å². The molecule has 3 heterocycles. The number of nitrogens with one attached hydrogen (secondary N) is 1. The lowest BCUT2D eigenvalue weighted by molar-refractivity contribution is -0.0374. The van der Waals surface area contributed by atoms with Gasteiger partial charge in [-0.3, -0.25) is 4.68 Å². The molecule has 21 heavy (non-hydrogen) atoms. The molecule has 0 aromatic carbocycles. The molecular weight excluding hydrogens is 288 g/mol. The van der Waals surface area contributed by atoms with Crippen molar-refractivity contribution in [2.24, 2.45) is 7.05 Å². The Morgan fingerprint density at radius 3 is 3.24 bits per heavy atom. The number of methoxy groups -OCH3 is 1. The van der Waals surface area contributed by atoms with Gasteiger partial charge in [0.1, 0.15) is 5.01 Å². The SMILES string of the molecule is CO[C@@H]1CCOC[C@H]1NCc1csc(-c2cnn(C)c2)n1. The van der Waals surface area contributed by atoms with Crippen molar-refractivity contribution < 1.29 is 9.47 Å². The molecule has 1 aliphatic rings. The topological polar surface area (TPSA) is 61.2 Å². The minimum atomic E-state index is 0.218. The van der Waals surface area contributed by atoms with Crippen molar-refractivity contribution in [3.8, 4) is 10.6 Å². The molecule has 114 valence electrons. The lowest BCUT2D eigenvalue weighted by Gasteiger charge is -2.30. The van der Waals surface area contributed by atoms with Crippen molar-refractivity contribution in [3.05, 3.63) is 23.5 Å². The van der Waals surface area contributed by atoms with Crippen LogP contribution in [-0.4, -0.2) is 47.2 Å². The van der Waals surface area contributed by atoms with E-state index in [0.29, 0.717) is 6.61 Å². The van der Waals surface area contributed by atoms with E-state index in [1.165, 1.54) is 0 Å². The lowest BCUT2D eigenvalue weighted by atomic mass is 10.1. The van der Waals surface area contributed by atoms with Crippen LogP contribution in [-0.2, 0) is 23.1 Å². The van der Waals surface area contributed by atoms with E-state index in [0.717, 1.165) is 35.8 Å². The summed E-state index contributed by atoms with van der Waals surface area (Å²) in [7, 11) is 3.67. The summed E-state index contributed by atoms with van der Waals surface area (Å²) in [6.45, 7) is 2.20. The predicted molar refractivity (Wildman–Crippen MR) is 81.2 cm³/mol. The smallest absolute Gasteiger partial charge is 0.126 e. The maximum absolute atomic E-state index is 5.51. The average Bonchev–Trinajstić information content (AvgIpc) is 3.14. The molecule has 1 aliphatic heterocycles. The third kappa shape index (κ3) is 3.49. The Balaban J connectivity index is 1.59. The van der Waals surface area contributed by atoms with Gasteiger partial charge in [-0.1, -0.05) is 0 Å². The minimum Gasteiger partial charge on any atom is -0.380 e. The first-order valence-corrected chi connectivity index (χ1v) is 7.91. The number of nitrogens with zero attached hydrogens (tertiary/aromatic N) is 3. The van der Waals surface area contributed by atoms with Crippen LogP contribution in [0.5, 0.6) is 0 Å². The van der Waals surface area contributed by atoms with Gasteiger partial charge in [-0.25, -0.2) is 4.98 Å². The van der Waals surface area contributed by atoms with Crippen LogP contribution in [0.15, 0.2) is 17.8 Å². The summed E-state index contributed by atoms with van der Waals surface area (Å²) in [4.78, 5) is 4.65. The second-order valence-electron chi connectivity index (χ2n) is 5.17. The fourth-order valence-corrected chi connectivity index (χ4v) is 3.27. The number of aryl methyl sites for hydroxylation is 1. The molecule has 2 aromatic heterocycles. The largest absolute Gasteiger partial charge is 0.380 e. The number of thiazole rings is 1. The predicted octanol–water partition coefficient (Wildman–Crippen LogP) is 1.44. The van der Waals surface area contributed by atoms with Crippen molar-refractivity contribution in [1.82, 2.24) is 20.1 Å². The van der Waals surface area contributed by atoms with Gasteiger partial charge in [-0.15, -0.1) is 11.3 Å². The first-order valence-electron chi connectivity index (χ1n) is 7.03. The zero-order valence-electron chi connectivity index (χ0n) is 12.3. The van der Waals surface area contributed by atoms with Gasteiger partial charge in [0.25, 0.3) is 0 Å². The maximum Gasteiger partial charge on any atom is 0.126 e. The molecule has 0 saturated carbocycles. The van der Waals surface area contributed by atoms with Crippen LogP contribution in [0.3, 0.4) is 0 Å². The highest BCUT2D eigenvalue weighted by molar-refractivity contribution is 7.13. The Morgan fingerprint density at radius 2 is 2.48 bits per heavy atom. The van der Waals surface area contributed by atoms with Crippen molar-refractivity contribution in [2.45, 2.75) is 25.1 Å². The second-order valence-corrected chi connectivity index (χ2v) is 6.03. The minimum absolute atomic E-state index is 0.218. The summed E-state index contributed by atoms with van der Waals surface area (Å²) < 4.78 is 12.8. The van der Waals surface area contributed by atoms with E-state index in [1.807, 2.05) is 19.4 Å². The van der Waals surface area contributed by atoms with Crippen LogP contribution in [0, 0.1) is 0 Å². The highest BCUT2D eigenvalue weighted by Crippen LogP contribution is 2.23. The first-order chi connectivity index (χ1) is 10.3. The van der Waals surface area contributed by atoms with Crippen molar-refractivity contribution in [2.75, 3.05) is 20.3 Å². The van der Waals surface area contributed by atoms with Crippen molar-refractivity contribution >= 4 is 11.3 Å². The summed E-state index contributed by atoms with van der Waals surface area (Å²) in [5.74, 6) is 0. The molecule has 0 spiro atoms. The van der Waals surface area contributed by atoms with Gasteiger partial charge in [0.2, 0.25) is 0 Å². The highest BCUT2D eigenvalue weighted by atomic mass is 32.1. The molecule has 0 bridgehead atoms. The molecule has 6 nitrogen and oxygen atoms in total. The molecule has 0 aliphatic carbocycles.